The van der Waals surface area contributed by atoms with E-state index in [-0.39, 0.29) is 17.6 Å². The summed E-state index contributed by atoms with van der Waals surface area (Å²) in [5.41, 5.74) is 0. The Hall–Kier alpha value is -1.32. The van der Waals surface area contributed by atoms with Crippen molar-refractivity contribution in [3.63, 3.8) is 0 Å². The molecule has 2 aliphatic rings. The molecule has 2 nitrogen and oxygen atoms in total. The Morgan fingerprint density at radius 1 is 0.950 bits per heavy atom. The van der Waals surface area contributed by atoms with Crippen LogP contribution in [-0.4, -0.2) is 12.7 Å². The summed E-state index contributed by atoms with van der Waals surface area (Å²) in [4.78, 5) is 0. The lowest BCUT2D eigenvalue weighted by Crippen LogP contribution is -2.25. The van der Waals surface area contributed by atoms with Crippen molar-refractivity contribution in [1.29, 1.82) is 0 Å². The maximum Gasteiger partial charge on any atom is 0.204 e. The molecule has 110 valence electrons. The molecule has 2 fully saturated rings. The van der Waals surface area contributed by atoms with Crippen LogP contribution in [0.3, 0.4) is 0 Å². The second-order valence-electron chi connectivity index (χ2n) is 5.79. The molecule has 2 saturated carbocycles. The number of hydrogen-bond acceptors (Lipinski definition) is 2. The maximum absolute atomic E-state index is 13.9. The minimum absolute atomic E-state index is 0.00135. The molecule has 20 heavy (non-hydrogen) atoms. The summed E-state index contributed by atoms with van der Waals surface area (Å²) in [6, 6.07) is 2.93. The van der Waals surface area contributed by atoms with Gasteiger partial charge in [0.15, 0.2) is 11.5 Å². The van der Waals surface area contributed by atoms with Crippen molar-refractivity contribution < 1.29 is 18.3 Å². The molecule has 0 N–H and O–H groups in total. The molecule has 3 rings (SSSR count). The van der Waals surface area contributed by atoms with Gasteiger partial charge in [-0.2, -0.15) is 8.78 Å². The lowest BCUT2D eigenvalue weighted by molar-refractivity contribution is 0.113. The van der Waals surface area contributed by atoms with E-state index in [1.54, 1.807) is 0 Å². The van der Waals surface area contributed by atoms with E-state index >= 15 is 0 Å². The first-order valence-corrected chi connectivity index (χ1v) is 7.51. The first-order valence-electron chi connectivity index (χ1n) is 7.51. The molecule has 2 aliphatic carbocycles. The number of hydrogen-bond donors (Lipinski definition) is 0. The van der Waals surface area contributed by atoms with Crippen LogP contribution in [0.4, 0.5) is 8.78 Å². The summed E-state index contributed by atoms with van der Waals surface area (Å²) in [6.07, 6.45) is 7.62. The molecule has 0 aliphatic heterocycles. The van der Waals surface area contributed by atoms with Gasteiger partial charge < -0.3 is 9.47 Å². The molecule has 0 atom stereocenters. The van der Waals surface area contributed by atoms with E-state index in [4.69, 9.17) is 9.47 Å². The van der Waals surface area contributed by atoms with Crippen molar-refractivity contribution in [3.8, 4) is 11.5 Å². The largest absolute Gasteiger partial charge is 0.490 e. The summed E-state index contributed by atoms with van der Waals surface area (Å²) in [5, 5.41) is 0. The van der Waals surface area contributed by atoms with Crippen molar-refractivity contribution in [2.24, 2.45) is 5.92 Å². The van der Waals surface area contributed by atoms with Gasteiger partial charge in [0.25, 0.3) is 0 Å². The smallest absolute Gasteiger partial charge is 0.204 e. The van der Waals surface area contributed by atoms with Gasteiger partial charge in [0.05, 0.1) is 12.7 Å². The fraction of sp³-hybridized carbons (Fsp3) is 0.625. The van der Waals surface area contributed by atoms with Crippen LogP contribution >= 0.6 is 0 Å². The third kappa shape index (κ3) is 2.89. The van der Waals surface area contributed by atoms with E-state index in [1.807, 2.05) is 0 Å². The highest BCUT2D eigenvalue weighted by atomic mass is 19.2. The Bertz CT molecular complexity index is 468. The predicted molar refractivity (Wildman–Crippen MR) is 72.1 cm³/mol. The molecule has 0 unspecified atom stereocenters. The zero-order valence-corrected chi connectivity index (χ0v) is 11.5. The maximum atomic E-state index is 13.9. The number of rotatable bonds is 6. The van der Waals surface area contributed by atoms with Crippen LogP contribution in [0.25, 0.3) is 0 Å². The van der Waals surface area contributed by atoms with Gasteiger partial charge in [-0.05, 0) is 43.7 Å². The van der Waals surface area contributed by atoms with Gasteiger partial charge in [-0.15, -0.1) is 0 Å². The van der Waals surface area contributed by atoms with Crippen LogP contribution in [0.1, 0.15) is 44.9 Å². The lowest BCUT2D eigenvalue weighted by atomic mass is 9.83. The summed E-state index contributed by atoms with van der Waals surface area (Å²) in [7, 11) is 0. The molecule has 0 spiro atoms. The van der Waals surface area contributed by atoms with Crippen molar-refractivity contribution in [2.75, 3.05) is 6.61 Å². The van der Waals surface area contributed by atoms with Crippen LogP contribution in [0.15, 0.2) is 12.1 Å². The minimum Gasteiger partial charge on any atom is -0.490 e. The van der Waals surface area contributed by atoms with Crippen molar-refractivity contribution >= 4 is 0 Å². The number of halogens is 2. The summed E-state index contributed by atoms with van der Waals surface area (Å²) in [6.45, 7) is 0.448. The quantitative estimate of drug-likeness (QED) is 0.766. The van der Waals surface area contributed by atoms with E-state index in [0.29, 0.717) is 12.5 Å². The van der Waals surface area contributed by atoms with E-state index < -0.39 is 11.6 Å². The number of benzene rings is 1. The molecular weight excluding hydrogens is 262 g/mol. The standard InChI is InChI=1S/C16H20F2O2/c17-15-13(19-10-9-11-3-1-4-11)7-8-14(16(15)18)20-12-5-2-6-12/h7-8,11-12H,1-6,9-10H2. The summed E-state index contributed by atoms with van der Waals surface area (Å²) < 4.78 is 38.5. The molecule has 0 radical (unpaired) electrons. The average molecular weight is 282 g/mol. The highest BCUT2D eigenvalue weighted by Crippen LogP contribution is 2.33. The van der Waals surface area contributed by atoms with Gasteiger partial charge in [0, 0.05) is 0 Å². The SMILES string of the molecule is Fc1c(OCCC2CCC2)ccc(OC2CCC2)c1F. The fourth-order valence-corrected chi connectivity index (χ4v) is 2.50. The predicted octanol–water partition coefficient (Wildman–Crippen LogP) is 4.47. The molecule has 0 heterocycles. The van der Waals surface area contributed by atoms with Crippen LogP contribution in [0.5, 0.6) is 11.5 Å². The molecule has 0 amide bonds. The minimum atomic E-state index is -0.935. The monoisotopic (exact) mass is 282 g/mol. The number of ether oxygens (including phenoxy) is 2. The van der Waals surface area contributed by atoms with Gasteiger partial charge in [-0.3, -0.25) is 0 Å². The van der Waals surface area contributed by atoms with E-state index in [9.17, 15) is 8.78 Å². The van der Waals surface area contributed by atoms with Gasteiger partial charge in [-0.25, -0.2) is 0 Å². The Morgan fingerprint density at radius 2 is 1.60 bits per heavy atom. The van der Waals surface area contributed by atoms with Crippen molar-refractivity contribution in [1.82, 2.24) is 0 Å². The van der Waals surface area contributed by atoms with Crippen LogP contribution < -0.4 is 9.47 Å². The van der Waals surface area contributed by atoms with Crippen LogP contribution in [-0.2, 0) is 0 Å². The Kier molecular flexibility index (Phi) is 4.08. The average Bonchev–Trinajstić information content (AvgIpc) is 2.34. The highest BCUT2D eigenvalue weighted by Gasteiger charge is 2.23. The lowest BCUT2D eigenvalue weighted by Gasteiger charge is -2.27. The molecule has 1 aromatic rings. The summed E-state index contributed by atoms with van der Waals surface area (Å²) in [5.74, 6) is -1.18. The van der Waals surface area contributed by atoms with E-state index in [0.717, 1.165) is 25.7 Å². The first-order chi connectivity index (χ1) is 9.74. The second kappa shape index (κ2) is 5.98. The zero-order valence-electron chi connectivity index (χ0n) is 11.5. The Labute approximate surface area is 118 Å². The van der Waals surface area contributed by atoms with Crippen LogP contribution in [0.2, 0.25) is 0 Å². The Balaban J connectivity index is 1.57. The summed E-state index contributed by atoms with van der Waals surface area (Å²) >= 11 is 0. The van der Waals surface area contributed by atoms with Crippen molar-refractivity contribution in [2.45, 2.75) is 51.0 Å². The van der Waals surface area contributed by atoms with E-state index in [2.05, 4.69) is 0 Å². The highest BCUT2D eigenvalue weighted by molar-refractivity contribution is 5.35. The van der Waals surface area contributed by atoms with Crippen LogP contribution in [0, 0.1) is 17.6 Å². The zero-order chi connectivity index (χ0) is 13.9. The fourth-order valence-electron chi connectivity index (χ4n) is 2.50. The normalized spacial score (nSPS) is 19.3. The van der Waals surface area contributed by atoms with Gasteiger partial charge in [0.1, 0.15) is 0 Å². The van der Waals surface area contributed by atoms with E-state index in [1.165, 1.54) is 31.4 Å². The Morgan fingerprint density at radius 3 is 2.20 bits per heavy atom. The third-order valence-electron chi connectivity index (χ3n) is 4.37. The van der Waals surface area contributed by atoms with Crippen molar-refractivity contribution in [3.05, 3.63) is 23.8 Å². The van der Waals surface area contributed by atoms with Gasteiger partial charge in [-0.1, -0.05) is 19.3 Å². The second-order valence-corrected chi connectivity index (χ2v) is 5.79. The molecule has 4 heteroatoms. The molecule has 1 aromatic carbocycles. The first kappa shape index (κ1) is 13.7. The molecule has 0 saturated heterocycles. The van der Waals surface area contributed by atoms with Gasteiger partial charge >= 0.3 is 0 Å². The van der Waals surface area contributed by atoms with Gasteiger partial charge in [0.2, 0.25) is 11.6 Å². The molecule has 0 aromatic heterocycles. The molecule has 0 bridgehead atoms. The molecular formula is C16H20F2O2. The third-order valence-corrected chi connectivity index (χ3v) is 4.37. The topological polar surface area (TPSA) is 18.5 Å².